The van der Waals surface area contributed by atoms with Gasteiger partial charge >= 0.3 is 0 Å². The molecule has 2 rings (SSSR count). The highest BCUT2D eigenvalue weighted by molar-refractivity contribution is 5.63. The second kappa shape index (κ2) is 5.32. The molecule has 96 valence electrons. The Morgan fingerprint density at radius 3 is 2.78 bits per heavy atom. The number of ether oxygens (including phenoxy) is 1. The van der Waals surface area contributed by atoms with Gasteiger partial charge in [-0.15, -0.1) is 0 Å². The van der Waals surface area contributed by atoms with Gasteiger partial charge in [-0.25, -0.2) is 15.8 Å². The second-order valence-electron chi connectivity index (χ2n) is 3.62. The number of rotatable bonds is 5. The van der Waals surface area contributed by atoms with Crippen LogP contribution >= 0.6 is 0 Å². The van der Waals surface area contributed by atoms with Crippen LogP contribution in [0.5, 0.6) is 5.75 Å². The number of hydrogen-bond acceptors (Lipinski definition) is 7. The fourth-order valence-corrected chi connectivity index (χ4v) is 1.54. The zero-order valence-corrected chi connectivity index (χ0v) is 10.2. The van der Waals surface area contributed by atoms with E-state index in [2.05, 4.69) is 25.8 Å². The molecule has 8 nitrogen and oxygen atoms in total. The highest BCUT2D eigenvalue weighted by atomic mass is 16.5. The van der Waals surface area contributed by atoms with Gasteiger partial charge in [-0.3, -0.25) is 4.68 Å². The van der Waals surface area contributed by atoms with E-state index in [1.54, 1.807) is 10.9 Å². The van der Waals surface area contributed by atoms with E-state index in [-0.39, 0.29) is 0 Å². The highest BCUT2D eigenvalue weighted by Gasteiger charge is 2.10. The Hall–Kier alpha value is -2.35. The minimum atomic E-state index is 0.432. The number of methoxy groups -OCH3 is 1. The molecule has 2 heterocycles. The maximum Gasteiger partial charge on any atom is 0.205 e. The van der Waals surface area contributed by atoms with Crippen molar-refractivity contribution < 1.29 is 4.74 Å². The van der Waals surface area contributed by atoms with Crippen LogP contribution in [0.2, 0.25) is 0 Å². The van der Waals surface area contributed by atoms with Crippen molar-refractivity contribution in [1.29, 1.82) is 0 Å². The first-order chi connectivity index (χ1) is 8.74. The standard InChI is InChI=1S/C10H15N7O/c1-17-5-7(4-15-17)3-12-9-8(18-2)10(16-11)14-6-13-9/h4-6H,3,11H2,1-2H3,(H2,12,13,14,16). The molecular weight excluding hydrogens is 234 g/mol. The molecule has 0 saturated heterocycles. The lowest BCUT2D eigenvalue weighted by Gasteiger charge is -2.11. The average Bonchev–Trinajstić information content (AvgIpc) is 2.81. The lowest BCUT2D eigenvalue weighted by atomic mass is 10.3. The van der Waals surface area contributed by atoms with Crippen LogP contribution in [0, 0.1) is 0 Å². The summed E-state index contributed by atoms with van der Waals surface area (Å²) in [6.07, 6.45) is 5.11. The summed E-state index contributed by atoms with van der Waals surface area (Å²) < 4.78 is 6.95. The van der Waals surface area contributed by atoms with Crippen molar-refractivity contribution in [2.75, 3.05) is 17.9 Å². The van der Waals surface area contributed by atoms with Gasteiger partial charge in [-0.05, 0) is 0 Å². The quantitative estimate of drug-likeness (QED) is 0.510. The van der Waals surface area contributed by atoms with Gasteiger partial charge in [0.15, 0.2) is 11.6 Å². The summed E-state index contributed by atoms with van der Waals surface area (Å²) in [4.78, 5) is 8.07. The molecule has 0 aliphatic carbocycles. The Bertz CT molecular complexity index is 525. The molecule has 4 N–H and O–H groups in total. The van der Waals surface area contributed by atoms with Crippen LogP contribution in [-0.2, 0) is 13.6 Å². The van der Waals surface area contributed by atoms with Crippen molar-refractivity contribution in [1.82, 2.24) is 19.7 Å². The predicted molar refractivity (Wildman–Crippen MR) is 66.9 cm³/mol. The molecule has 0 saturated carbocycles. The van der Waals surface area contributed by atoms with Crippen LogP contribution in [-0.4, -0.2) is 26.9 Å². The van der Waals surface area contributed by atoms with Crippen LogP contribution < -0.4 is 21.3 Å². The van der Waals surface area contributed by atoms with Gasteiger partial charge < -0.3 is 15.5 Å². The summed E-state index contributed by atoms with van der Waals surface area (Å²) in [6.45, 7) is 0.589. The van der Waals surface area contributed by atoms with Crippen LogP contribution in [0.15, 0.2) is 18.7 Å². The lowest BCUT2D eigenvalue weighted by Crippen LogP contribution is -2.12. The molecule has 8 heteroatoms. The summed E-state index contributed by atoms with van der Waals surface area (Å²) in [6, 6.07) is 0. The SMILES string of the molecule is COc1c(NN)ncnc1NCc1cnn(C)c1. The molecule has 2 aromatic rings. The molecule has 0 atom stereocenters. The number of hydrazine groups is 1. The van der Waals surface area contributed by atoms with E-state index in [0.29, 0.717) is 23.9 Å². The molecule has 0 bridgehead atoms. The maximum atomic E-state index is 5.34. The minimum Gasteiger partial charge on any atom is -0.490 e. The van der Waals surface area contributed by atoms with Gasteiger partial charge in [0.1, 0.15) is 6.33 Å². The van der Waals surface area contributed by atoms with E-state index in [1.165, 1.54) is 13.4 Å². The summed E-state index contributed by atoms with van der Waals surface area (Å²) >= 11 is 0. The maximum absolute atomic E-state index is 5.34. The smallest absolute Gasteiger partial charge is 0.205 e. The monoisotopic (exact) mass is 249 g/mol. The number of anilines is 2. The molecule has 0 radical (unpaired) electrons. The minimum absolute atomic E-state index is 0.432. The van der Waals surface area contributed by atoms with Crippen molar-refractivity contribution in [2.24, 2.45) is 12.9 Å². The Kier molecular flexibility index (Phi) is 3.58. The molecule has 0 aliphatic heterocycles. The average molecular weight is 249 g/mol. The molecule has 0 unspecified atom stereocenters. The first-order valence-corrected chi connectivity index (χ1v) is 5.31. The molecule has 0 aromatic carbocycles. The van der Waals surface area contributed by atoms with Crippen LogP contribution in [0.25, 0.3) is 0 Å². The molecule has 0 fully saturated rings. The fraction of sp³-hybridized carbons (Fsp3) is 0.300. The first-order valence-electron chi connectivity index (χ1n) is 5.31. The van der Waals surface area contributed by atoms with Crippen LogP contribution in [0.3, 0.4) is 0 Å². The van der Waals surface area contributed by atoms with Gasteiger partial charge in [0.05, 0.1) is 13.3 Å². The first kappa shape index (κ1) is 12.1. The van der Waals surface area contributed by atoms with E-state index in [1.807, 2.05) is 13.2 Å². The predicted octanol–water partition coefficient (Wildman–Crippen LogP) is 0.116. The number of nitrogen functional groups attached to an aromatic ring is 1. The Balaban J connectivity index is 2.13. The van der Waals surface area contributed by atoms with Gasteiger partial charge in [0.2, 0.25) is 5.75 Å². The van der Waals surface area contributed by atoms with Gasteiger partial charge in [-0.2, -0.15) is 5.10 Å². The molecule has 2 aromatic heterocycles. The summed E-state index contributed by atoms with van der Waals surface area (Å²) in [5.74, 6) is 6.83. The van der Waals surface area contributed by atoms with Crippen molar-refractivity contribution in [2.45, 2.75) is 6.54 Å². The summed E-state index contributed by atoms with van der Waals surface area (Å²) in [7, 11) is 3.40. The normalized spacial score (nSPS) is 10.2. The van der Waals surface area contributed by atoms with E-state index < -0.39 is 0 Å². The van der Waals surface area contributed by atoms with Gasteiger partial charge in [0.25, 0.3) is 0 Å². The van der Waals surface area contributed by atoms with Crippen molar-refractivity contribution in [3.8, 4) is 5.75 Å². The molecule has 0 aliphatic rings. The Morgan fingerprint density at radius 2 is 2.17 bits per heavy atom. The summed E-state index contributed by atoms with van der Waals surface area (Å²) in [5, 5.41) is 7.23. The Labute approximate surface area is 104 Å². The van der Waals surface area contributed by atoms with E-state index in [4.69, 9.17) is 10.6 Å². The zero-order chi connectivity index (χ0) is 13.0. The third-order valence-electron chi connectivity index (χ3n) is 2.36. The lowest BCUT2D eigenvalue weighted by molar-refractivity contribution is 0.414. The largest absolute Gasteiger partial charge is 0.490 e. The van der Waals surface area contributed by atoms with Crippen molar-refractivity contribution in [3.05, 3.63) is 24.3 Å². The fourth-order valence-electron chi connectivity index (χ4n) is 1.54. The number of aryl methyl sites for hydroxylation is 1. The molecule has 0 spiro atoms. The summed E-state index contributed by atoms with van der Waals surface area (Å²) in [5.41, 5.74) is 3.50. The highest BCUT2D eigenvalue weighted by Crippen LogP contribution is 2.28. The zero-order valence-electron chi connectivity index (χ0n) is 10.2. The van der Waals surface area contributed by atoms with Crippen molar-refractivity contribution >= 4 is 11.6 Å². The topological polar surface area (TPSA) is 103 Å². The van der Waals surface area contributed by atoms with Crippen LogP contribution in [0.1, 0.15) is 5.56 Å². The molecule has 18 heavy (non-hydrogen) atoms. The van der Waals surface area contributed by atoms with E-state index in [9.17, 15) is 0 Å². The van der Waals surface area contributed by atoms with E-state index in [0.717, 1.165) is 5.56 Å². The number of aromatic nitrogens is 4. The third-order valence-corrected chi connectivity index (χ3v) is 2.36. The second-order valence-corrected chi connectivity index (χ2v) is 3.62. The number of hydrogen-bond donors (Lipinski definition) is 3. The van der Waals surface area contributed by atoms with Gasteiger partial charge in [-0.1, -0.05) is 0 Å². The van der Waals surface area contributed by atoms with Gasteiger partial charge in [0, 0.05) is 25.4 Å². The third kappa shape index (κ3) is 2.48. The molecule has 0 amide bonds. The Morgan fingerprint density at radius 1 is 1.39 bits per heavy atom. The number of nitrogens with two attached hydrogens (primary N) is 1. The van der Waals surface area contributed by atoms with E-state index >= 15 is 0 Å². The molecular formula is C10H15N7O. The van der Waals surface area contributed by atoms with Crippen LogP contribution in [0.4, 0.5) is 11.6 Å². The number of nitrogens with zero attached hydrogens (tertiary/aromatic N) is 4. The number of nitrogens with one attached hydrogen (secondary N) is 2. The van der Waals surface area contributed by atoms with Crippen molar-refractivity contribution in [3.63, 3.8) is 0 Å².